The van der Waals surface area contributed by atoms with Gasteiger partial charge in [0.05, 0.1) is 17.0 Å². The SMILES string of the molecule is CC(C)(C#N)CC[C@](C)(N[S+]([O-])C(C)(C)C)c1cc(Br)ccc1F. The van der Waals surface area contributed by atoms with E-state index in [0.717, 1.165) is 4.47 Å². The molecule has 0 saturated carbocycles. The maximum absolute atomic E-state index is 14.5. The number of nitrogens with zero attached hydrogens (tertiary/aromatic N) is 1. The number of benzene rings is 1. The summed E-state index contributed by atoms with van der Waals surface area (Å²) < 4.78 is 30.5. The molecule has 0 aliphatic carbocycles. The Kier molecular flexibility index (Phi) is 6.91. The van der Waals surface area contributed by atoms with Crippen LogP contribution in [-0.2, 0) is 16.9 Å². The number of rotatable bonds is 6. The van der Waals surface area contributed by atoms with Gasteiger partial charge in [-0.2, -0.15) is 5.26 Å². The van der Waals surface area contributed by atoms with Crippen molar-refractivity contribution >= 4 is 27.3 Å². The Labute approximate surface area is 156 Å². The van der Waals surface area contributed by atoms with Gasteiger partial charge in [0.2, 0.25) is 0 Å². The Morgan fingerprint density at radius 1 is 1.21 bits per heavy atom. The lowest BCUT2D eigenvalue weighted by atomic mass is 9.80. The van der Waals surface area contributed by atoms with Gasteiger partial charge in [-0.1, -0.05) is 15.9 Å². The van der Waals surface area contributed by atoms with Crippen molar-refractivity contribution in [2.24, 2.45) is 5.41 Å². The average Bonchev–Trinajstić information content (AvgIpc) is 2.47. The van der Waals surface area contributed by atoms with E-state index in [2.05, 4.69) is 26.7 Å². The molecule has 1 rings (SSSR count). The first-order valence-electron chi connectivity index (χ1n) is 7.87. The van der Waals surface area contributed by atoms with Crippen LogP contribution in [0.3, 0.4) is 0 Å². The molecule has 1 aromatic rings. The molecule has 0 heterocycles. The predicted molar refractivity (Wildman–Crippen MR) is 101 cm³/mol. The zero-order chi connectivity index (χ0) is 18.8. The largest absolute Gasteiger partial charge is 0.598 e. The minimum atomic E-state index is -1.37. The molecule has 24 heavy (non-hydrogen) atoms. The van der Waals surface area contributed by atoms with Gasteiger partial charge in [-0.3, -0.25) is 0 Å². The molecule has 1 aromatic carbocycles. The number of halogens is 2. The molecule has 0 bridgehead atoms. The van der Waals surface area contributed by atoms with Gasteiger partial charge in [-0.15, -0.1) is 4.72 Å². The average molecular weight is 417 g/mol. The third-order valence-corrected chi connectivity index (χ3v) is 6.19. The van der Waals surface area contributed by atoms with Crippen molar-refractivity contribution in [3.63, 3.8) is 0 Å². The van der Waals surface area contributed by atoms with Crippen molar-refractivity contribution in [1.29, 1.82) is 5.26 Å². The number of hydrogen-bond acceptors (Lipinski definition) is 3. The van der Waals surface area contributed by atoms with Crippen LogP contribution >= 0.6 is 15.9 Å². The van der Waals surface area contributed by atoms with Crippen LogP contribution in [0.1, 0.15) is 59.9 Å². The Morgan fingerprint density at radius 2 is 1.79 bits per heavy atom. The zero-order valence-corrected chi connectivity index (χ0v) is 17.6. The fraction of sp³-hybridized carbons (Fsp3) is 0.611. The van der Waals surface area contributed by atoms with Crippen LogP contribution in [-0.4, -0.2) is 9.30 Å². The molecule has 0 amide bonds. The third kappa shape index (κ3) is 5.73. The maximum Gasteiger partial charge on any atom is 0.136 e. The molecule has 0 aliphatic rings. The molecule has 0 saturated heterocycles. The fourth-order valence-electron chi connectivity index (χ4n) is 2.14. The summed E-state index contributed by atoms with van der Waals surface area (Å²) in [6.07, 6.45) is 1.04. The fourth-order valence-corrected chi connectivity index (χ4v) is 3.43. The number of nitrogens with one attached hydrogen (secondary N) is 1. The molecular formula is C18H26BrFN2OS. The second kappa shape index (κ2) is 7.74. The lowest BCUT2D eigenvalue weighted by Crippen LogP contribution is -2.50. The van der Waals surface area contributed by atoms with Crippen molar-refractivity contribution in [2.45, 2.75) is 64.7 Å². The first-order valence-corrected chi connectivity index (χ1v) is 9.81. The monoisotopic (exact) mass is 416 g/mol. The van der Waals surface area contributed by atoms with Crippen molar-refractivity contribution < 1.29 is 8.94 Å². The van der Waals surface area contributed by atoms with E-state index in [4.69, 9.17) is 0 Å². The summed E-state index contributed by atoms with van der Waals surface area (Å²) in [6.45, 7) is 11.2. The lowest BCUT2D eigenvalue weighted by Gasteiger charge is -2.36. The first kappa shape index (κ1) is 21.4. The summed E-state index contributed by atoms with van der Waals surface area (Å²) in [5.74, 6) is -0.353. The summed E-state index contributed by atoms with van der Waals surface area (Å²) in [6, 6.07) is 7.01. The highest BCUT2D eigenvalue weighted by Gasteiger charge is 2.39. The highest BCUT2D eigenvalue weighted by atomic mass is 79.9. The zero-order valence-electron chi connectivity index (χ0n) is 15.2. The predicted octanol–water partition coefficient (Wildman–Crippen LogP) is 5.19. The molecule has 3 nitrogen and oxygen atoms in total. The van der Waals surface area contributed by atoms with E-state index in [9.17, 15) is 14.2 Å². The summed E-state index contributed by atoms with van der Waals surface area (Å²) in [5.41, 5.74) is -0.933. The highest BCUT2D eigenvalue weighted by Crippen LogP contribution is 2.36. The first-order chi connectivity index (χ1) is 10.8. The molecule has 6 heteroatoms. The van der Waals surface area contributed by atoms with E-state index < -0.39 is 27.1 Å². The molecule has 0 spiro atoms. The van der Waals surface area contributed by atoms with Crippen molar-refractivity contribution in [3.05, 3.63) is 34.1 Å². The van der Waals surface area contributed by atoms with Crippen LogP contribution in [0.2, 0.25) is 0 Å². The number of hydrogen-bond donors (Lipinski definition) is 1. The quantitative estimate of drug-likeness (QED) is 0.649. The minimum Gasteiger partial charge on any atom is -0.598 e. The molecule has 0 fully saturated rings. The Balaban J connectivity index is 3.25. The van der Waals surface area contributed by atoms with E-state index >= 15 is 0 Å². The summed E-state index contributed by atoms with van der Waals surface area (Å²) >= 11 is 2.01. The van der Waals surface area contributed by atoms with Gasteiger partial charge in [0.1, 0.15) is 10.6 Å². The molecule has 134 valence electrons. The van der Waals surface area contributed by atoms with Crippen LogP contribution in [0.15, 0.2) is 22.7 Å². The molecule has 1 unspecified atom stereocenters. The van der Waals surface area contributed by atoms with Gasteiger partial charge in [0.25, 0.3) is 0 Å². The number of nitriles is 1. The summed E-state index contributed by atoms with van der Waals surface area (Å²) in [5, 5.41) is 9.26. The van der Waals surface area contributed by atoms with Gasteiger partial charge in [-0.25, -0.2) is 4.39 Å². The standard InChI is InChI=1S/C18H26BrFN2OS/c1-16(2,3)24(23)22-18(6,10-9-17(4,5)12-21)14-11-13(19)7-8-15(14)20/h7-8,11,22H,9-10H2,1-6H3/t18-,24?/m0/s1. The van der Waals surface area contributed by atoms with E-state index in [1.165, 1.54) is 6.07 Å². The topological polar surface area (TPSA) is 58.9 Å². The highest BCUT2D eigenvalue weighted by molar-refractivity contribution is 9.10. The van der Waals surface area contributed by atoms with Crippen molar-refractivity contribution in [3.8, 4) is 6.07 Å². The van der Waals surface area contributed by atoms with Crippen LogP contribution < -0.4 is 4.72 Å². The molecule has 1 N–H and O–H groups in total. The normalized spacial score (nSPS) is 16.3. The van der Waals surface area contributed by atoms with E-state index in [0.29, 0.717) is 18.4 Å². The van der Waals surface area contributed by atoms with Crippen LogP contribution in [0, 0.1) is 22.6 Å². The van der Waals surface area contributed by atoms with Gasteiger partial charge >= 0.3 is 0 Å². The van der Waals surface area contributed by atoms with Crippen LogP contribution in [0.5, 0.6) is 0 Å². The second-order valence-corrected chi connectivity index (χ2v) is 10.8. The Hall–Kier alpha value is -0.610. The van der Waals surface area contributed by atoms with Gasteiger partial charge in [-0.05, 0) is 72.6 Å². The molecule has 0 aliphatic heterocycles. The summed E-state index contributed by atoms with van der Waals surface area (Å²) in [7, 11) is 0. The Morgan fingerprint density at radius 3 is 2.29 bits per heavy atom. The van der Waals surface area contributed by atoms with Crippen LogP contribution in [0.4, 0.5) is 4.39 Å². The van der Waals surface area contributed by atoms with Gasteiger partial charge in [0, 0.05) is 21.4 Å². The van der Waals surface area contributed by atoms with Crippen molar-refractivity contribution in [2.75, 3.05) is 0 Å². The smallest absolute Gasteiger partial charge is 0.136 e. The van der Waals surface area contributed by atoms with Gasteiger partial charge < -0.3 is 4.55 Å². The van der Waals surface area contributed by atoms with Crippen LogP contribution in [0.25, 0.3) is 0 Å². The third-order valence-electron chi connectivity index (χ3n) is 3.95. The van der Waals surface area contributed by atoms with E-state index in [-0.39, 0.29) is 5.82 Å². The minimum absolute atomic E-state index is 0.353. The lowest BCUT2D eigenvalue weighted by molar-refractivity contribution is 0.313. The van der Waals surface area contributed by atoms with E-state index in [1.807, 2.05) is 41.5 Å². The summed E-state index contributed by atoms with van der Waals surface area (Å²) in [4.78, 5) is 0. The molecular weight excluding hydrogens is 391 g/mol. The molecule has 0 aromatic heterocycles. The molecule has 0 radical (unpaired) electrons. The molecule has 2 atom stereocenters. The van der Waals surface area contributed by atoms with Crippen molar-refractivity contribution in [1.82, 2.24) is 4.72 Å². The Bertz CT molecular complexity index is 624. The maximum atomic E-state index is 14.5. The van der Waals surface area contributed by atoms with E-state index in [1.54, 1.807) is 12.1 Å². The van der Waals surface area contributed by atoms with Gasteiger partial charge in [0.15, 0.2) is 0 Å². The second-order valence-electron chi connectivity index (χ2n) is 7.94.